The molecule has 12 nitrogen and oxygen atoms in total. The van der Waals surface area contributed by atoms with Gasteiger partial charge in [0.15, 0.2) is 0 Å². The fourth-order valence-corrected chi connectivity index (χ4v) is 4.69. The number of benzene rings is 4. The van der Waals surface area contributed by atoms with E-state index in [4.69, 9.17) is 0 Å². The third kappa shape index (κ3) is 5.08. The molecule has 2 aromatic heterocycles. The number of nitrogens with one attached hydrogen (secondary N) is 2. The van der Waals surface area contributed by atoms with Gasteiger partial charge in [0.2, 0.25) is 0 Å². The van der Waals surface area contributed by atoms with Crippen LogP contribution in [0.25, 0.3) is 33.4 Å². The highest BCUT2D eigenvalue weighted by Crippen LogP contribution is 2.29. The minimum absolute atomic E-state index is 0.105. The maximum absolute atomic E-state index is 12.6. The second kappa shape index (κ2) is 10.7. The van der Waals surface area contributed by atoms with Gasteiger partial charge in [0.1, 0.15) is 44.9 Å². The van der Waals surface area contributed by atoms with E-state index >= 15 is 0 Å². The topological polar surface area (TPSA) is 160 Å². The maximum atomic E-state index is 12.6. The Hall–Kier alpha value is -5.78. The molecule has 0 saturated carbocycles. The van der Waals surface area contributed by atoms with Gasteiger partial charge in [-0.15, -0.1) is 30.0 Å². The van der Waals surface area contributed by atoms with E-state index in [-0.39, 0.29) is 24.6 Å². The van der Waals surface area contributed by atoms with Gasteiger partial charge in [-0.2, -0.15) is 0 Å². The fraction of sp³-hybridized carbons (Fsp3) is 0.133. The van der Waals surface area contributed by atoms with Gasteiger partial charge in [-0.3, -0.25) is 9.59 Å². The quantitative estimate of drug-likeness (QED) is 0.225. The van der Waals surface area contributed by atoms with Crippen molar-refractivity contribution in [1.82, 2.24) is 40.6 Å². The Kier molecular flexibility index (Phi) is 6.71. The number of aromatic hydroxyl groups is 2. The number of hydrogen-bond acceptors (Lipinski definition) is 8. The van der Waals surface area contributed by atoms with Gasteiger partial charge in [0.25, 0.3) is 0 Å². The number of carbonyl (C=O) groups is 2. The van der Waals surface area contributed by atoms with Crippen LogP contribution in [0.1, 0.15) is 22.3 Å². The van der Waals surface area contributed by atoms with Crippen molar-refractivity contribution < 1.29 is 19.8 Å². The number of phenols is 2. The van der Waals surface area contributed by atoms with Crippen molar-refractivity contribution in [2.75, 3.05) is 0 Å². The van der Waals surface area contributed by atoms with Crippen LogP contribution < -0.4 is 10.6 Å². The molecule has 4 aromatic carbocycles. The summed E-state index contributed by atoms with van der Waals surface area (Å²) >= 11 is 0. The van der Waals surface area contributed by atoms with Crippen LogP contribution in [-0.2, 0) is 22.7 Å². The van der Waals surface area contributed by atoms with Crippen LogP contribution in [0.5, 0.6) is 11.5 Å². The molecule has 0 saturated heterocycles. The van der Waals surface area contributed by atoms with Gasteiger partial charge in [0.05, 0.1) is 0 Å². The van der Waals surface area contributed by atoms with Gasteiger partial charge >= 0.3 is 11.8 Å². The average molecular weight is 563 g/mol. The highest BCUT2D eigenvalue weighted by molar-refractivity contribution is 6.35. The normalized spacial score (nSPS) is 11.2. The van der Waals surface area contributed by atoms with Crippen molar-refractivity contribution >= 4 is 33.9 Å². The summed E-state index contributed by atoms with van der Waals surface area (Å²) in [5, 5.41) is 44.6. The smallest absolute Gasteiger partial charge is 0.309 e. The Balaban J connectivity index is 1.14. The van der Waals surface area contributed by atoms with E-state index in [1.54, 1.807) is 24.3 Å². The van der Waals surface area contributed by atoms with E-state index in [0.717, 1.165) is 11.1 Å². The van der Waals surface area contributed by atoms with Crippen LogP contribution in [0.3, 0.4) is 0 Å². The molecule has 0 aliphatic rings. The zero-order chi connectivity index (χ0) is 29.4. The predicted molar refractivity (Wildman–Crippen MR) is 154 cm³/mol. The van der Waals surface area contributed by atoms with E-state index in [2.05, 4.69) is 31.0 Å². The van der Waals surface area contributed by atoms with Crippen molar-refractivity contribution in [3.05, 3.63) is 95.1 Å². The lowest BCUT2D eigenvalue weighted by Gasteiger charge is -2.13. The Labute approximate surface area is 239 Å². The summed E-state index contributed by atoms with van der Waals surface area (Å²) in [4.78, 5) is 27.9. The third-order valence-corrected chi connectivity index (χ3v) is 6.72. The summed E-state index contributed by atoms with van der Waals surface area (Å²) < 4.78 is 0. The third-order valence-electron chi connectivity index (χ3n) is 6.72. The molecule has 0 aliphatic carbocycles. The number of aryl methyl sites for hydroxylation is 2. The first-order chi connectivity index (χ1) is 20.3. The highest BCUT2D eigenvalue weighted by atomic mass is 16.3. The lowest BCUT2D eigenvalue weighted by molar-refractivity contribution is -0.139. The number of amides is 2. The molecule has 0 bridgehead atoms. The molecule has 12 heteroatoms. The minimum Gasteiger partial charge on any atom is -0.505 e. The summed E-state index contributed by atoms with van der Waals surface area (Å²) in [5.74, 6) is -2.02. The van der Waals surface area contributed by atoms with Crippen LogP contribution in [0, 0.1) is 13.8 Å². The Morgan fingerprint density at radius 3 is 1.29 bits per heavy atom. The van der Waals surface area contributed by atoms with Crippen LogP contribution in [0.15, 0.2) is 72.8 Å². The highest BCUT2D eigenvalue weighted by Gasteiger charge is 2.19. The molecule has 0 spiro atoms. The van der Waals surface area contributed by atoms with E-state index in [1.807, 2.05) is 62.4 Å². The van der Waals surface area contributed by atoms with Crippen molar-refractivity contribution in [1.29, 1.82) is 0 Å². The van der Waals surface area contributed by atoms with E-state index in [1.165, 1.54) is 9.59 Å². The average Bonchev–Trinajstić information content (AvgIpc) is 3.61. The molecule has 210 valence electrons. The number of nitrogens with zero attached hydrogens (tertiary/aromatic N) is 6. The van der Waals surface area contributed by atoms with Crippen LogP contribution in [-0.4, -0.2) is 52.0 Å². The monoisotopic (exact) mass is 562 g/mol. The van der Waals surface area contributed by atoms with Gasteiger partial charge in [-0.1, -0.05) is 36.4 Å². The van der Waals surface area contributed by atoms with Gasteiger partial charge in [-0.25, -0.2) is 0 Å². The number of fused-ring (bicyclic) bond motifs is 2. The number of rotatable bonds is 6. The zero-order valence-electron chi connectivity index (χ0n) is 22.7. The summed E-state index contributed by atoms with van der Waals surface area (Å²) in [6, 6.07) is 21.5. The summed E-state index contributed by atoms with van der Waals surface area (Å²) in [6.07, 6.45) is 0. The molecule has 6 rings (SSSR count). The minimum atomic E-state index is -0.896. The predicted octanol–water partition coefficient (Wildman–Crippen LogP) is 3.12. The first-order valence-corrected chi connectivity index (χ1v) is 13.1. The molecular formula is C30H26N8O4. The molecule has 0 radical (unpaired) electrons. The van der Waals surface area contributed by atoms with Gasteiger partial charge in [0, 0.05) is 24.2 Å². The summed E-state index contributed by atoms with van der Waals surface area (Å²) in [7, 11) is 0. The zero-order valence-corrected chi connectivity index (χ0v) is 22.7. The van der Waals surface area contributed by atoms with Crippen molar-refractivity contribution in [3.63, 3.8) is 0 Å². The van der Waals surface area contributed by atoms with Crippen molar-refractivity contribution in [3.8, 4) is 22.9 Å². The lowest BCUT2D eigenvalue weighted by Crippen LogP contribution is -2.39. The van der Waals surface area contributed by atoms with Gasteiger partial charge in [-0.05, 0) is 61.4 Å². The SMILES string of the molecule is Cc1cc(CNC(=O)C(=O)NCc2cc(C)cc(-n3nc4ccccc4n3)c2O)c(O)c(-n2nc3ccccc3n2)c1. The molecule has 0 aliphatic heterocycles. The molecule has 0 atom stereocenters. The van der Waals surface area contributed by atoms with Crippen LogP contribution in [0.4, 0.5) is 0 Å². The Morgan fingerprint density at radius 2 is 0.952 bits per heavy atom. The van der Waals surface area contributed by atoms with Crippen LogP contribution in [0.2, 0.25) is 0 Å². The van der Waals surface area contributed by atoms with Crippen molar-refractivity contribution in [2.45, 2.75) is 26.9 Å². The maximum Gasteiger partial charge on any atom is 0.309 e. The summed E-state index contributed by atoms with van der Waals surface area (Å²) in [5.41, 5.74) is 5.80. The molecule has 6 aromatic rings. The second-order valence-corrected chi connectivity index (χ2v) is 9.91. The molecule has 4 N–H and O–H groups in total. The second-order valence-electron chi connectivity index (χ2n) is 9.91. The number of phenolic OH excluding ortho intramolecular Hbond substituents is 2. The fourth-order valence-electron chi connectivity index (χ4n) is 4.69. The van der Waals surface area contributed by atoms with Crippen molar-refractivity contribution in [2.24, 2.45) is 0 Å². The molecule has 0 unspecified atom stereocenters. The molecule has 0 fully saturated rings. The summed E-state index contributed by atoms with van der Waals surface area (Å²) in [6.45, 7) is 3.47. The van der Waals surface area contributed by atoms with Crippen LogP contribution >= 0.6 is 0 Å². The van der Waals surface area contributed by atoms with E-state index in [0.29, 0.717) is 44.6 Å². The van der Waals surface area contributed by atoms with E-state index < -0.39 is 11.8 Å². The molecule has 2 amide bonds. The standard InChI is InChI=1S/C30H26N8O4/c1-17-11-19(27(39)25(13-17)37-33-21-7-3-4-8-22(21)34-37)15-31-29(41)30(42)32-16-20-12-18(2)14-26(28(20)40)38-35-23-9-5-6-10-24(23)36-38/h3-14,39-40H,15-16H2,1-2H3,(H,31,41)(H,32,42). The first kappa shape index (κ1) is 26.4. The Bertz CT molecular complexity index is 1790. The molecule has 2 heterocycles. The molecule has 42 heavy (non-hydrogen) atoms. The molecular weight excluding hydrogens is 536 g/mol. The first-order valence-electron chi connectivity index (χ1n) is 13.1. The Morgan fingerprint density at radius 1 is 0.619 bits per heavy atom. The van der Waals surface area contributed by atoms with Gasteiger partial charge < -0.3 is 20.8 Å². The van der Waals surface area contributed by atoms with E-state index in [9.17, 15) is 19.8 Å². The number of aromatic nitrogens is 6. The lowest BCUT2D eigenvalue weighted by atomic mass is 10.1. The number of carbonyl (C=O) groups excluding carboxylic acids is 2. The number of hydrogen-bond donors (Lipinski definition) is 4. The largest absolute Gasteiger partial charge is 0.505 e.